The van der Waals surface area contributed by atoms with Crippen molar-refractivity contribution >= 4 is 50.9 Å². The van der Waals surface area contributed by atoms with Crippen LogP contribution in [0.5, 0.6) is 5.75 Å². The minimum Gasteiger partial charge on any atom is -0.482 e. The first-order valence-corrected chi connectivity index (χ1v) is 12.7. The fourth-order valence-electron chi connectivity index (χ4n) is 3.58. The normalized spacial score (nSPS) is 11.7. The first kappa shape index (κ1) is 27.1. The zero-order valence-corrected chi connectivity index (χ0v) is 22.6. The largest absolute Gasteiger partial charge is 0.482 e. The highest BCUT2D eigenvalue weighted by molar-refractivity contribution is 9.10. The van der Waals surface area contributed by atoms with Gasteiger partial charge in [-0.3, -0.25) is 9.59 Å². The third-order valence-corrected chi connectivity index (χ3v) is 6.21. The Kier molecular flexibility index (Phi) is 10.0. The van der Waals surface area contributed by atoms with E-state index in [-0.39, 0.29) is 31.0 Å². The van der Waals surface area contributed by atoms with E-state index in [1.165, 1.54) is 0 Å². The van der Waals surface area contributed by atoms with Gasteiger partial charge in [-0.15, -0.1) is 0 Å². The maximum atomic E-state index is 13.5. The molecule has 0 spiro atoms. The van der Waals surface area contributed by atoms with Gasteiger partial charge in [-0.2, -0.15) is 0 Å². The van der Waals surface area contributed by atoms with Crippen LogP contribution in [-0.4, -0.2) is 35.4 Å². The minimum atomic E-state index is -0.740. The molecule has 1 N–H and O–H groups in total. The van der Waals surface area contributed by atoms with Crippen LogP contribution in [-0.2, 0) is 22.6 Å². The van der Waals surface area contributed by atoms with Crippen molar-refractivity contribution in [3.63, 3.8) is 0 Å². The molecule has 35 heavy (non-hydrogen) atoms. The number of ether oxygens (including phenoxy) is 1. The summed E-state index contributed by atoms with van der Waals surface area (Å²) in [6.07, 6.45) is 0.362. The fourth-order valence-corrected chi connectivity index (χ4v) is 4.49. The van der Waals surface area contributed by atoms with Crippen molar-refractivity contribution in [2.75, 3.05) is 6.61 Å². The van der Waals surface area contributed by atoms with Crippen LogP contribution >= 0.6 is 39.1 Å². The van der Waals surface area contributed by atoms with Crippen LogP contribution in [0.2, 0.25) is 10.0 Å². The maximum absolute atomic E-state index is 13.5. The number of nitrogens with zero attached hydrogens (tertiary/aromatic N) is 1. The van der Waals surface area contributed by atoms with E-state index in [9.17, 15) is 9.59 Å². The zero-order valence-electron chi connectivity index (χ0n) is 19.5. The molecule has 0 saturated carbocycles. The Hall–Kier alpha value is -2.54. The molecule has 5 nitrogen and oxygen atoms in total. The SMILES string of the molecule is CC(C)NC(=O)C(Cc1ccccc1)N(Cc1cccc(Br)c1)C(=O)COc1ccc(Cl)cc1Cl. The van der Waals surface area contributed by atoms with Gasteiger partial charge in [0.2, 0.25) is 5.91 Å². The molecule has 0 saturated heterocycles. The Morgan fingerprint density at radius 1 is 0.971 bits per heavy atom. The van der Waals surface area contributed by atoms with Crippen LogP contribution in [0.4, 0.5) is 0 Å². The topological polar surface area (TPSA) is 58.6 Å². The van der Waals surface area contributed by atoms with Gasteiger partial charge in [-0.25, -0.2) is 0 Å². The standard InChI is InChI=1S/C27H27BrCl2N2O3/c1-18(2)31-27(34)24(14-19-7-4-3-5-8-19)32(16-20-9-6-10-21(28)13-20)26(33)17-35-25-12-11-22(29)15-23(25)30/h3-13,15,18,24H,14,16-17H2,1-2H3,(H,31,34). The number of benzene rings is 3. The predicted molar refractivity (Wildman–Crippen MR) is 144 cm³/mol. The van der Waals surface area contributed by atoms with E-state index in [0.717, 1.165) is 15.6 Å². The second-order valence-electron chi connectivity index (χ2n) is 8.38. The van der Waals surface area contributed by atoms with Crippen LogP contribution in [0.3, 0.4) is 0 Å². The molecule has 8 heteroatoms. The molecule has 0 aliphatic carbocycles. The van der Waals surface area contributed by atoms with E-state index in [1.54, 1.807) is 23.1 Å². The quantitative estimate of drug-likeness (QED) is 0.308. The van der Waals surface area contributed by atoms with Crippen molar-refractivity contribution in [2.45, 2.75) is 38.9 Å². The summed E-state index contributed by atoms with van der Waals surface area (Å²) in [4.78, 5) is 28.4. The van der Waals surface area contributed by atoms with Crippen molar-refractivity contribution < 1.29 is 14.3 Å². The van der Waals surface area contributed by atoms with Gasteiger partial charge >= 0.3 is 0 Å². The molecular weight excluding hydrogens is 551 g/mol. The van der Waals surface area contributed by atoms with Crippen molar-refractivity contribution in [3.8, 4) is 5.75 Å². The fraction of sp³-hybridized carbons (Fsp3) is 0.259. The summed E-state index contributed by atoms with van der Waals surface area (Å²) in [5.74, 6) is -0.217. The molecule has 3 aromatic rings. The molecule has 0 bridgehead atoms. The van der Waals surface area contributed by atoms with E-state index in [0.29, 0.717) is 22.2 Å². The third-order valence-electron chi connectivity index (χ3n) is 5.19. The number of amides is 2. The molecule has 0 aliphatic rings. The lowest BCUT2D eigenvalue weighted by molar-refractivity contribution is -0.143. The van der Waals surface area contributed by atoms with Crippen LogP contribution in [0.1, 0.15) is 25.0 Å². The lowest BCUT2D eigenvalue weighted by Gasteiger charge is -2.32. The molecule has 3 rings (SSSR count). The molecule has 184 valence electrons. The first-order chi connectivity index (χ1) is 16.7. The molecule has 1 unspecified atom stereocenters. The number of hydrogen-bond acceptors (Lipinski definition) is 3. The van der Waals surface area contributed by atoms with Crippen LogP contribution in [0.25, 0.3) is 0 Å². The average molecular weight is 578 g/mol. The first-order valence-electron chi connectivity index (χ1n) is 11.2. The number of rotatable bonds is 10. The van der Waals surface area contributed by atoms with Crippen LogP contribution in [0.15, 0.2) is 77.3 Å². The van der Waals surface area contributed by atoms with Crippen molar-refractivity contribution in [3.05, 3.63) is 98.4 Å². The number of carbonyl (C=O) groups is 2. The highest BCUT2D eigenvalue weighted by Gasteiger charge is 2.31. The van der Waals surface area contributed by atoms with E-state index in [4.69, 9.17) is 27.9 Å². The highest BCUT2D eigenvalue weighted by Crippen LogP contribution is 2.27. The summed E-state index contributed by atoms with van der Waals surface area (Å²) in [7, 11) is 0. The lowest BCUT2D eigenvalue weighted by Crippen LogP contribution is -2.52. The average Bonchev–Trinajstić information content (AvgIpc) is 2.81. The van der Waals surface area contributed by atoms with Crippen LogP contribution in [0, 0.1) is 0 Å². The smallest absolute Gasteiger partial charge is 0.261 e. The Morgan fingerprint density at radius 3 is 2.34 bits per heavy atom. The van der Waals surface area contributed by atoms with E-state index < -0.39 is 6.04 Å². The molecule has 2 amide bonds. The van der Waals surface area contributed by atoms with Gasteiger partial charge in [0.25, 0.3) is 5.91 Å². The monoisotopic (exact) mass is 576 g/mol. The Bertz CT molecular complexity index is 1160. The molecule has 3 aromatic carbocycles. The van der Waals surface area contributed by atoms with Crippen LogP contribution < -0.4 is 10.1 Å². The summed E-state index contributed by atoms with van der Waals surface area (Å²) >= 11 is 15.7. The predicted octanol–water partition coefficient (Wildman–Crippen LogP) is 6.30. The molecule has 1 atom stereocenters. The van der Waals surface area contributed by atoms with Gasteiger partial charge in [0, 0.05) is 28.5 Å². The summed E-state index contributed by atoms with van der Waals surface area (Å²) < 4.78 is 6.62. The molecule has 0 aliphatic heterocycles. The molecule has 0 fully saturated rings. The van der Waals surface area contributed by atoms with Gasteiger partial charge in [0.15, 0.2) is 6.61 Å². The zero-order chi connectivity index (χ0) is 25.4. The van der Waals surface area contributed by atoms with Crippen molar-refractivity contribution in [2.24, 2.45) is 0 Å². The van der Waals surface area contributed by atoms with Gasteiger partial charge in [0.1, 0.15) is 11.8 Å². The second-order valence-corrected chi connectivity index (χ2v) is 10.1. The lowest BCUT2D eigenvalue weighted by atomic mass is 10.0. The number of hydrogen-bond donors (Lipinski definition) is 1. The Balaban J connectivity index is 1.92. The summed E-state index contributed by atoms with van der Waals surface area (Å²) in [6.45, 7) is 3.74. The van der Waals surface area contributed by atoms with E-state index in [2.05, 4.69) is 21.2 Å². The summed E-state index contributed by atoms with van der Waals surface area (Å²) in [5.41, 5.74) is 1.83. The van der Waals surface area contributed by atoms with Gasteiger partial charge < -0.3 is 15.0 Å². The van der Waals surface area contributed by atoms with E-state index >= 15 is 0 Å². The number of nitrogens with one attached hydrogen (secondary N) is 1. The molecule has 0 heterocycles. The molecule has 0 radical (unpaired) electrons. The van der Waals surface area contributed by atoms with Crippen molar-refractivity contribution in [1.29, 1.82) is 0 Å². The Morgan fingerprint density at radius 2 is 1.69 bits per heavy atom. The maximum Gasteiger partial charge on any atom is 0.261 e. The van der Waals surface area contributed by atoms with E-state index in [1.807, 2.05) is 68.4 Å². The summed E-state index contributed by atoms with van der Waals surface area (Å²) in [6, 6.07) is 21.3. The van der Waals surface area contributed by atoms with Gasteiger partial charge in [0.05, 0.1) is 5.02 Å². The van der Waals surface area contributed by atoms with Gasteiger partial charge in [-0.05, 0) is 55.3 Å². The second kappa shape index (κ2) is 13.0. The van der Waals surface area contributed by atoms with Crippen molar-refractivity contribution in [1.82, 2.24) is 10.2 Å². The Labute approximate surface area is 224 Å². The highest BCUT2D eigenvalue weighted by atomic mass is 79.9. The summed E-state index contributed by atoms with van der Waals surface area (Å²) in [5, 5.41) is 3.74. The van der Waals surface area contributed by atoms with Gasteiger partial charge in [-0.1, -0.05) is 81.6 Å². The molecular formula is C27H27BrCl2N2O3. The molecule has 0 aromatic heterocycles. The third kappa shape index (κ3) is 8.27. The minimum absolute atomic E-state index is 0.0762. The number of halogens is 3. The number of carbonyl (C=O) groups excluding carboxylic acids is 2.